The van der Waals surface area contributed by atoms with E-state index in [1.54, 1.807) is 0 Å². The van der Waals surface area contributed by atoms with Crippen LogP contribution in [0.25, 0.3) is 0 Å². The lowest BCUT2D eigenvalue weighted by atomic mass is 9.95. The van der Waals surface area contributed by atoms with E-state index >= 15 is 0 Å². The van der Waals surface area contributed by atoms with Crippen molar-refractivity contribution >= 4 is 17.4 Å². The quantitative estimate of drug-likeness (QED) is 0.889. The first kappa shape index (κ1) is 14.3. The van der Waals surface area contributed by atoms with Crippen molar-refractivity contribution in [2.45, 2.75) is 32.1 Å². The molecule has 0 unspecified atom stereocenters. The standard InChI is InChI=1S/C16H24N4O/c17-10-12-4-3-5-14(12)16(21)19-15-7-6-13(11-18-15)20-8-1-2-9-20/h6-7,11-12,14H,1-5,8-10,17H2,(H,18,19,21)/t12-,14-/m1/s1. The van der Waals surface area contributed by atoms with E-state index in [0.717, 1.165) is 38.0 Å². The zero-order valence-corrected chi connectivity index (χ0v) is 12.4. The number of carbonyl (C=O) groups excluding carboxylic acids is 1. The maximum atomic E-state index is 12.3. The summed E-state index contributed by atoms with van der Waals surface area (Å²) in [6.07, 6.45) is 7.47. The molecule has 5 heteroatoms. The Hall–Kier alpha value is -1.62. The van der Waals surface area contributed by atoms with E-state index in [9.17, 15) is 4.79 Å². The third kappa shape index (κ3) is 3.18. The van der Waals surface area contributed by atoms with E-state index in [1.807, 2.05) is 18.3 Å². The summed E-state index contributed by atoms with van der Waals surface area (Å²) in [6.45, 7) is 2.81. The Bertz CT molecular complexity index is 482. The molecule has 5 nitrogen and oxygen atoms in total. The van der Waals surface area contributed by atoms with Gasteiger partial charge in [0.05, 0.1) is 11.9 Å². The lowest BCUT2D eigenvalue weighted by Crippen LogP contribution is -2.30. The van der Waals surface area contributed by atoms with Gasteiger partial charge in [-0.05, 0) is 50.3 Å². The number of pyridine rings is 1. The molecular weight excluding hydrogens is 264 g/mol. The minimum absolute atomic E-state index is 0.0510. The predicted molar refractivity (Wildman–Crippen MR) is 84.2 cm³/mol. The SMILES string of the molecule is NC[C@H]1CCC[C@H]1C(=O)Nc1ccc(N2CCCC2)cn1. The Morgan fingerprint density at radius 1 is 1.29 bits per heavy atom. The average Bonchev–Trinajstić information content (AvgIpc) is 3.19. The minimum atomic E-state index is 0.0510. The maximum Gasteiger partial charge on any atom is 0.228 e. The van der Waals surface area contributed by atoms with Crippen molar-refractivity contribution in [3.8, 4) is 0 Å². The van der Waals surface area contributed by atoms with Crippen molar-refractivity contribution in [1.82, 2.24) is 4.98 Å². The van der Waals surface area contributed by atoms with Crippen molar-refractivity contribution in [3.63, 3.8) is 0 Å². The van der Waals surface area contributed by atoms with E-state index < -0.39 is 0 Å². The minimum Gasteiger partial charge on any atom is -0.370 e. The lowest BCUT2D eigenvalue weighted by Gasteiger charge is -2.19. The molecule has 2 fully saturated rings. The molecule has 1 amide bonds. The van der Waals surface area contributed by atoms with Crippen LogP contribution in [0.1, 0.15) is 32.1 Å². The number of anilines is 2. The summed E-state index contributed by atoms with van der Waals surface area (Å²) in [7, 11) is 0. The van der Waals surface area contributed by atoms with Gasteiger partial charge in [0.25, 0.3) is 0 Å². The van der Waals surface area contributed by atoms with E-state index in [2.05, 4.69) is 15.2 Å². The molecule has 0 aromatic carbocycles. The molecule has 2 heterocycles. The van der Waals surface area contributed by atoms with Crippen molar-refractivity contribution in [1.29, 1.82) is 0 Å². The fourth-order valence-corrected chi connectivity index (χ4v) is 3.51. The van der Waals surface area contributed by atoms with Gasteiger partial charge in [-0.25, -0.2) is 4.98 Å². The molecule has 1 saturated heterocycles. The highest BCUT2D eigenvalue weighted by Gasteiger charge is 2.32. The van der Waals surface area contributed by atoms with Crippen molar-refractivity contribution in [3.05, 3.63) is 18.3 Å². The van der Waals surface area contributed by atoms with Crippen LogP contribution >= 0.6 is 0 Å². The summed E-state index contributed by atoms with van der Waals surface area (Å²) in [6, 6.07) is 3.95. The number of nitrogens with one attached hydrogen (secondary N) is 1. The summed E-state index contributed by atoms with van der Waals surface area (Å²) in [4.78, 5) is 19.0. The van der Waals surface area contributed by atoms with Crippen LogP contribution in [0, 0.1) is 11.8 Å². The topological polar surface area (TPSA) is 71.2 Å². The average molecular weight is 288 g/mol. The number of nitrogens with zero attached hydrogens (tertiary/aromatic N) is 2. The highest BCUT2D eigenvalue weighted by molar-refractivity contribution is 5.92. The summed E-state index contributed by atoms with van der Waals surface area (Å²) in [5, 5.41) is 2.94. The number of nitrogens with two attached hydrogens (primary N) is 1. The number of carbonyl (C=O) groups is 1. The molecule has 0 bridgehead atoms. The molecule has 114 valence electrons. The summed E-state index contributed by atoms with van der Waals surface area (Å²) in [5.74, 6) is 1.10. The first-order valence-electron chi connectivity index (χ1n) is 8.00. The number of hydrogen-bond donors (Lipinski definition) is 2. The van der Waals surface area contributed by atoms with Crippen LogP contribution in [0.5, 0.6) is 0 Å². The molecule has 1 saturated carbocycles. The molecule has 1 aliphatic carbocycles. The molecule has 1 aliphatic heterocycles. The molecule has 0 radical (unpaired) electrons. The fraction of sp³-hybridized carbons (Fsp3) is 0.625. The molecular formula is C16H24N4O. The molecule has 1 aromatic heterocycles. The van der Waals surface area contributed by atoms with Crippen LogP contribution in [-0.4, -0.2) is 30.5 Å². The van der Waals surface area contributed by atoms with Crippen molar-refractivity contribution in [2.75, 3.05) is 29.9 Å². The van der Waals surface area contributed by atoms with Gasteiger partial charge in [0, 0.05) is 19.0 Å². The van der Waals surface area contributed by atoms with Crippen LogP contribution in [0.15, 0.2) is 18.3 Å². The van der Waals surface area contributed by atoms with E-state index in [4.69, 9.17) is 5.73 Å². The zero-order valence-electron chi connectivity index (χ0n) is 12.4. The smallest absolute Gasteiger partial charge is 0.228 e. The second-order valence-electron chi connectivity index (χ2n) is 6.12. The fourth-order valence-electron chi connectivity index (χ4n) is 3.51. The monoisotopic (exact) mass is 288 g/mol. The number of hydrogen-bond acceptors (Lipinski definition) is 4. The Morgan fingerprint density at radius 2 is 2.10 bits per heavy atom. The lowest BCUT2D eigenvalue weighted by molar-refractivity contribution is -0.120. The largest absolute Gasteiger partial charge is 0.370 e. The Morgan fingerprint density at radius 3 is 2.76 bits per heavy atom. The second kappa shape index (κ2) is 6.43. The van der Waals surface area contributed by atoms with Gasteiger partial charge in [0.2, 0.25) is 5.91 Å². The van der Waals surface area contributed by atoms with Crippen molar-refractivity contribution in [2.24, 2.45) is 17.6 Å². The molecule has 0 spiro atoms. The molecule has 1 aromatic rings. The molecule has 3 rings (SSSR count). The molecule has 2 atom stereocenters. The van der Waals surface area contributed by atoms with Gasteiger partial charge in [0.1, 0.15) is 5.82 Å². The highest BCUT2D eigenvalue weighted by atomic mass is 16.2. The zero-order chi connectivity index (χ0) is 14.7. The van der Waals surface area contributed by atoms with E-state index in [-0.39, 0.29) is 11.8 Å². The Labute approximate surface area is 125 Å². The van der Waals surface area contributed by atoms with Gasteiger partial charge >= 0.3 is 0 Å². The van der Waals surface area contributed by atoms with Crippen LogP contribution in [0.2, 0.25) is 0 Å². The van der Waals surface area contributed by atoms with Gasteiger partial charge in [-0.1, -0.05) is 6.42 Å². The van der Waals surface area contributed by atoms with Crippen molar-refractivity contribution < 1.29 is 4.79 Å². The number of aromatic nitrogens is 1. The molecule has 2 aliphatic rings. The van der Waals surface area contributed by atoms with Gasteiger partial charge in [0.15, 0.2) is 0 Å². The summed E-state index contributed by atoms with van der Waals surface area (Å²) < 4.78 is 0. The van der Waals surface area contributed by atoms with Gasteiger partial charge in [-0.3, -0.25) is 4.79 Å². The molecule has 3 N–H and O–H groups in total. The van der Waals surface area contributed by atoms with Crippen LogP contribution in [0.3, 0.4) is 0 Å². The maximum absolute atomic E-state index is 12.3. The van der Waals surface area contributed by atoms with Gasteiger partial charge in [-0.2, -0.15) is 0 Å². The summed E-state index contributed by atoms with van der Waals surface area (Å²) in [5.41, 5.74) is 6.89. The summed E-state index contributed by atoms with van der Waals surface area (Å²) >= 11 is 0. The third-order valence-corrected chi connectivity index (χ3v) is 4.77. The predicted octanol–water partition coefficient (Wildman–Crippen LogP) is 2.00. The van der Waals surface area contributed by atoms with Crippen LogP contribution in [-0.2, 0) is 4.79 Å². The van der Waals surface area contributed by atoms with E-state index in [1.165, 1.54) is 12.8 Å². The van der Waals surface area contributed by atoms with Gasteiger partial charge < -0.3 is 16.0 Å². The van der Waals surface area contributed by atoms with Crippen LogP contribution < -0.4 is 16.0 Å². The first-order valence-corrected chi connectivity index (χ1v) is 8.00. The Kier molecular flexibility index (Phi) is 4.39. The van der Waals surface area contributed by atoms with E-state index in [0.29, 0.717) is 18.3 Å². The number of amides is 1. The third-order valence-electron chi connectivity index (χ3n) is 4.77. The highest BCUT2D eigenvalue weighted by Crippen LogP contribution is 2.31. The van der Waals surface area contributed by atoms with Gasteiger partial charge in [-0.15, -0.1) is 0 Å². The normalized spacial score (nSPS) is 25.3. The Balaban J connectivity index is 1.60. The second-order valence-corrected chi connectivity index (χ2v) is 6.12. The van der Waals surface area contributed by atoms with Crippen LogP contribution in [0.4, 0.5) is 11.5 Å². The first-order chi connectivity index (χ1) is 10.3. The number of rotatable bonds is 4. The molecule has 21 heavy (non-hydrogen) atoms.